The summed E-state index contributed by atoms with van der Waals surface area (Å²) in [5.74, 6) is -4.85. The van der Waals surface area contributed by atoms with E-state index in [1.54, 1.807) is 4.90 Å². The van der Waals surface area contributed by atoms with Crippen molar-refractivity contribution in [2.24, 2.45) is 5.41 Å². The molecule has 3 saturated heterocycles. The third-order valence-electron chi connectivity index (χ3n) is 5.21. The molecule has 0 aliphatic carbocycles. The second-order valence-electron chi connectivity index (χ2n) is 7.70. The van der Waals surface area contributed by atoms with Gasteiger partial charge in [0.05, 0.1) is 0 Å². The van der Waals surface area contributed by atoms with Gasteiger partial charge in [0.2, 0.25) is 11.8 Å². The highest BCUT2D eigenvalue weighted by Crippen LogP contribution is 2.40. The van der Waals surface area contributed by atoms with E-state index in [9.17, 15) is 31.5 Å². The lowest BCUT2D eigenvalue weighted by atomic mass is 9.74. The zero-order valence-electron chi connectivity index (χ0n) is 16.0. The van der Waals surface area contributed by atoms with Crippen molar-refractivity contribution < 1.29 is 41.4 Å². The molecule has 2 amide bonds. The maximum absolute atomic E-state index is 14.4. The fraction of sp³-hybridized carbons (Fsp3) is 0.500. The van der Waals surface area contributed by atoms with E-state index in [0.29, 0.717) is 19.5 Å². The molecule has 3 aliphatic heterocycles. The van der Waals surface area contributed by atoms with Crippen molar-refractivity contribution in [1.82, 2.24) is 10.6 Å². The number of carboxylic acids is 1. The van der Waals surface area contributed by atoms with E-state index in [1.165, 1.54) is 12.1 Å². The Morgan fingerprint density at radius 1 is 1.16 bits per heavy atom. The smallest absolute Gasteiger partial charge is 0.475 e. The molecule has 3 fully saturated rings. The minimum Gasteiger partial charge on any atom is -0.475 e. The third kappa shape index (κ3) is 5.03. The number of rotatable bonds is 3. The maximum atomic E-state index is 14.4. The number of aliphatic carboxylic acids is 1. The number of halogens is 5. The Morgan fingerprint density at radius 3 is 2.13 bits per heavy atom. The van der Waals surface area contributed by atoms with Gasteiger partial charge < -0.3 is 20.6 Å². The van der Waals surface area contributed by atoms with Gasteiger partial charge in [-0.05, 0) is 18.6 Å². The average molecular weight is 450 g/mol. The number of benzene rings is 1. The Labute approximate surface area is 172 Å². The lowest BCUT2D eigenvalue weighted by Gasteiger charge is -2.57. The van der Waals surface area contributed by atoms with E-state index in [0.717, 1.165) is 13.1 Å². The van der Waals surface area contributed by atoms with Crippen molar-refractivity contribution in [3.05, 3.63) is 23.8 Å². The van der Waals surface area contributed by atoms with Gasteiger partial charge in [0.1, 0.15) is 11.7 Å². The number of carbonyl (C=O) groups is 3. The van der Waals surface area contributed by atoms with Crippen molar-refractivity contribution in [2.75, 3.05) is 36.4 Å². The van der Waals surface area contributed by atoms with Gasteiger partial charge in [0.15, 0.2) is 11.6 Å². The van der Waals surface area contributed by atoms with E-state index in [-0.39, 0.29) is 29.1 Å². The van der Waals surface area contributed by atoms with Gasteiger partial charge in [0, 0.05) is 43.7 Å². The number of carboxylic acid groups (broad SMARTS) is 1. The summed E-state index contributed by atoms with van der Waals surface area (Å²) >= 11 is 0. The highest BCUT2D eigenvalue weighted by atomic mass is 19.4. The first kappa shape index (κ1) is 22.7. The summed E-state index contributed by atoms with van der Waals surface area (Å²) in [6.45, 7) is 3.07. The number of alkyl halides is 3. The molecule has 1 spiro atoms. The topological polar surface area (TPSA) is 111 Å². The van der Waals surface area contributed by atoms with Crippen LogP contribution in [0.1, 0.15) is 12.8 Å². The maximum Gasteiger partial charge on any atom is 0.490 e. The predicted molar refractivity (Wildman–Crippen MR) is 97.4 cm³/mol. The van der Waals surface area contributed by atoms with Gasteiger partial charge >= 0.3 is 12.1 Å². The van der Waals surface area contributed by atoms with Crippen LogP contribution in [0, 0.1) is 17.0 Å². The Balaban J connectivity index is 0.000000339. The van der Waals surface area contributed by atoms with Crippen LogP contribution in [-0.2, 0) is 14.4 Å². The highest BCUT2D eigenvalue weighted by Gasteiger charge is 2.48. The van der Waals surface area contributed by atoms with Gasteiger partial charge in [-0.2, -0.15) is 13.2 Å². The molecule has 31 heavy (non-hydrogen) atoms. The molecule has 1 unspecified atom stereocenters. The molecule has 0 radical (unpaired) electrons. The van der Waals surface area contributed by atoms with E-state index >= 15 is 0 Å². The summed E-state index contributed by atoms with van der Waals surface area (Å²) in [4.78, 5) is 33.5. The van der Waals surface area contributed by atoms with Crippen LogP contribution in [0.3, 0.4) is 0 Å². The Bertz CT molecular complexity index is 872. The number of piperidine rings is 1. The van der Waals surface area contributed by atoms with E-state index < -0.39 is 35.7 Å². The molecule has 8 nitrogen and oxygen atoms in total. The SMILES string of the molecule is O=C(O)C(F)(F)F.O=C1CCC(Nc2cc(F)c(N3CC4(CNC4)C3)c(F)c2)C(=O)N1. The minimum absolute atomic E-state index is 0.0126. The number of carbonyl (C=O) groups excluding carboxylic acids is 2. The lowest BCUT2D eigenvalue weighted by Crippen LogP contribution is -2.71. The fourth-order valence-corrected chi connectivity index (χ4v) is 3.61. The number of imide groups is 1. The molecule has 0 aromatic heterocycles. The Kier molecular flexibility index (Phi) is 6.07. The molecule has 3 aliphatic rings. The van der Waals surface area contributed by atoms with E-state index in [1.807, 2.05) is 0 Å². The quantitative estimate of drug-likeness (QED) is 0.405. The molecule has 0 saturated carbocycles. The van der Waals surface area contributed by atoms with Gasteiger partial charge in [-0.25, -0.2) is 13.6 Å². The number of amides is 2. The van der Waals surface area contributed by atoms with Crippen molar-refractivity contribution in [3.63, 3.8) is 0 Å². The van der Waals surface area contributed by atoms with Crippen molar-refractivity contribution in [3.8, 4) is 0 Å². The summed E-state index contributed by atoms with van der Waals surface area (Å²) in [6.07, 6.45) is -4.58. The zero-order valence-corrected chi connectivity index (χ0v) is 16.0. The summed E-state index contributed by atoms with van der Waals surface area (Å²) < 4.78 is 60.5. The first-order chi connectivity index (χ1) is 14.4. The molecule has 1 atom stereocenters. The lowest BCUT2D eigenvalue weighted by molar-refractivity contribution is -0.192. The molecule has 3 heterocycles. The molecule has 13 heteroatoms. The average Bonchev–Trinajstić information content (AvgIpc) is 2.57. The van der Waals surface area contributed by atoms with Gasteiger partial charge in [-0.3, -0.25) is 14.9 Å². The van der Waals surface area contributed by atoms with Crippen LogP contribution in [0.5, 0.6) is 0 Å². The third-order valence-corrected chi connectivity index (χ3v) is 5.21. The Hall–Kier alpha value is -2.96. The number of nitrogens with one attached hydrogen (secondary N) is 3. The number of hydrogen-bond acceptors (Lipinski definition) is 6. The predicted octanol–water partition coefficient (Wildman–Crippen LogP) is 1.22. The van der Waals surface area contributed by atoms with Crippen LogP contribution in [-0.4, -0.2) is 61.3 Å². The van der Waals surface area contributed by atoms with Gasteiger partial charge in [0.25, 0.3) is 0 Å². The standard InChI is InChI=1S/C16H18F2N4O2.C2HF3O2/c17-10-3-9(20-12-1-2-13(23)21-15(12)24)4-11(18)14(10)22-7-16(8-22)5-19-6-16;3-2(4,5)1(6)7/h3-4,12,19-20H,1-2,5-8H2,(H,21,23,24);(H,6,7). The molecule has 4 rings (SSSR count). The normalized spacial score (nSPS) is 22.0. The summed E-state index contributed by atoms with van der Waals surface area (Å²) in [5, 5.41) is 15.3. The monoisotopic (exact) mass is 450 g/mol. The second-order valence-corrected chi connectivity index (χ2v) is 7.70. The minimum atomic E-state index is -5.08. The Morgan fingerprint density at radius 2 is 1.71 bits per heavy atom. The van der Waals surface area contributed by atoms with Gasteiger partial charge in [-0.1, -0.05) is 0 Å². The number of nitrogens with zero attached hydrogens (tertiary/aromatic N) is 1. The largest absolute Gasteiger partial charge is 0.490 e. The molecular formula is C18H19F5N4O4. The molecule has 1 aromatic rings. The van der Waals surface area contributed by atoms with Crippen molar-refractivity contribution in [2.45, 2.75) is 25.1 Å². The van der Waals surface area contributed by atoms with E-state index in [2.05, 4.69) is 16.0 Å². The summed E-state index contributed by atoms with van der Waals surface area (Å²) in [7, 11) is 0. The first-order valence-corrected chi connectivity index (χ1v) is 9.25. The van der Waals surface area contributed by atoms with Crippen molar-refractivity contribution >= 4 is 29.2 Å². The first-order valence-electron chi connectivity index (χ1n) is 9.25. The summed E-state index contributed by atoms with van der Waals surface area (Å²) in [6, 6.07) is 1.74. The zero-order chi connectivity index (χ0) is 23.0. The van der Waals surface area contributed by atoms with Crippen LogP contribution in [0.2, 0.25) is 0 Å². The van der Waals surface area contributed by atoms with Crippen LogP contribution >= 0.6 is 0 Å². The molecule has 0 bridgehead atoms. The van der Waals surface area contributed by atoms with Crippen molar-refractivity contribution in [1.29, 1.82) is 0 Å². The number of anilines is 2. The molecule has 4 N–H and O–H groups in total. The molecule has 170 valence electrons. The van der Waals surface area contributed by atoms with E-state index in [4.69, 9.17) is 9.90 Å². The van der Waals surface area contributed by atoms with Crippen LogP contribution in [0.15, 0.2) is 12.1 Å². The second kappa shape index (κ2) is 8.29. The number of hydrogen-bond donors (Lipinski definition) is 4. The van der Waals surface area contributed by atoms with Crippen LogP contribution in [0.25, 0.3) is 0 Å². The van der Waals surface area contributed by atoms with Crippen LogP contribution < -0.4 is 20.9 Å². The molecule has 1 aromatic carbocycles. The fourth-order valence-electron chi connectivity index (χ4n) is 3.61. The highest BCUT2D eigenvalue weighted by molar-refractivity contribution is 6.01. The molecular weight excluding hydrogens is 431 g/mol. The summed E-state index contributed by atoms with van der Waals surface area (Å²) in [5.41, 5.74) is 0.354. The van der Waals surface area contributed by atoms with Crippen LogP contribution in [0.4, 0.5) is 33.3 Å². The van der Waals surface area contributed by atoms with Gasteiger partial charge in [-0.15, -0.1) is 0 Å².